The Morgan fingerprint density at radius 3 is 3.14 bits per heavy atom. The van der Waals surface area contributed by atoms with E-state index in [4.69, 9.17) is 9.84 Å². The van der Waals surface area contributed by atoms with E-state index in [1.165, 1.54) is 4.90 Å². The third kappa shape index (κ3) is 1.37. The predicted octanol–water partition coefficient (Wildman–Crippen LogP) is 1.27. The van der Waals surface area contributed by atoms with Gasteiger partial charge in [-0.1, -0.05) is 0 Å². The van der Waals surface area contributed by atoms with Crippen LogP contribution < -0.4 is 9.64 Å². The third-order valence-corrected chi connectivity index (χ3v) is 2.04. The monoisotopic (exact) mass is 194 g/mol. The van der Waals surface area contributed by atoms with Crippen LogP contribution in [0, 0.1) is 6.92 Å². The van der Waals surface area contributed by atoms with E-state index < -0.39 is 6.09 Å². The topological polar surface area (TPSA) is 62.7 Å². The standard InChI is InChI=1S/C9H10N2O3/c1-6-2-3-7-8(10-6)11(9(12)13)4-5-14-7/h2-3H,4-5H2,1H3,(H,12,13). The van der Waals surface area contributed by atoms with Crippen molar-refractivity contribution in [2.75, 3.05) is 18.1 Å². The first-order valence-corrected chi connectivity index (χ1v) is 4.29. The average Bonchev–Trinajstić information content (AvgIpc) is 2.16. The van der Waals surface area contributed by atoms with Crippen LogP contribution in [0.5, 0.6) is 5.75 Å². The molecule has 0 aromatic carbocycles. The van der Waals surface area contributed by atoms with Crippen LogP contribution in [-0.2, 0) is 0 Å². The molecule has 0 radical (unpaired) electrons. The van der Waals surface area contributed by atoms with E-state index in [2.05, 4.69) is 4.98 Å². The molecule has 1 aromatic heterocycles. The fourth-order valence-electron chi connectivity index (χ4n) is 1.38. The molecule has 1 N–H and O–H groups in total. The number of carbonyl (C=O) groups is 1. The van der Waals surface area contributed by atoms with Crippen molar-refractivity contribution in [3.8, 4) is 5.75 Å². The molecule has 0 atom stereocenters. The highest BCUT2D eigenvalue weighted by Crippen LogP contribution is 2.29. The van der Waals surface area contributed by atoms with Crippen LogP contribution in [0.3, 0.4) is 0 Å². The summed E-state index contributed by atoms with van der Waals surface area (Å²) in [4.78, 5) is 16.2. The number of hydrogen-bond acceptors (Lipinski definition) is 3. The van der Waals surface area contributed by atoms with Crippen LogP contribution in [0.25, 0.3) is 0 Å². The molecule has 0 aliphatic carbocycles. The van der Waals surface area contributed by atoms with E-state index >= 15 is 0 Å². The van der Waals surface area contributed by atoms with Crippen LogP contribution in [0.15, 0.2) is 12.1 Å². The Kier molecular flexibility index (Phi) is 1.99. The Bertz CT molecular complexity index is 378. The summed E-state index contributed by atoms with van der Waals surface area (Å²) in [6.45, 7) is 2.53. The van der Waals surface area contributed by atoms with Gasteiger partial charge >= 0.3 is 6.09 Å². The minimum atomic E-state index is -0.993. The highest BCUT2D eigenvalue weighted by molar-refractivity contribution is 5.87. The molecule has 74 valence electrons. The molecule has 0 fully saturated rings. The van der Waals surface area contributed by atoms with E-state index in [0.717, 1.165) is 5.69 Å². The quantitative estimate of drug-likeness (QED) is 0.675. The summed E-state index contributed by atoms with van der Waals surface area (Å²) < 4.78 is 5.29. The largest absolute Gasteiger partial charge is 0.488 e. The van der Waals surface area contributed by atoms with Crippen molar-refractivity contribution in [2.45, 2.75) is 6.92 Å². The maximum absolute atomic E-state index is 10.9. The van der Waals surface area contributed by atoms with Crippen LogP contribution in [0.1, 0.15) is 5.69 Å². The molecule has 2 heterocycles. The molecule has 1 aliphatic rings. The number of ether oxygens (including phenoxy) is 1. The van der Waals surface area contributed by atoms with Gasteiger partial charge in [-0.15, -0.1) is 0 Å². The summed E-state index contributed by atoms with van der Waals surface area (Å²) in [5.74, 6) is 0.924. The van der Waals surface area contributed by atoms with Gasteiger partial charge in [0.05, 0.1) is 6.54 Å². The summed E-state index contributed by atoms with van der Waals surface area (Å²) in [5, 5.41) is 8.91. The number of fused-ring (bicyclic) bond motifs is 1. The van der Waals surface area contributed by atoms with Gasteiger partial charge in [0, 0.05) is 5.69 Å². The van der Waals surface area contributed by atoms with Crippen molar-refractivity contribution in [2.24, 2.45) is 0 Å². The van der Waals surface area contributed by atoms with Crippen molar-refractivity contribution in [3.63, 3.8) is 0 Å². The fraction of sp³-hybridized carbons (Fsp3) is 0.333. The molecule has 0 spiro atoms. The van der Waals surface area contributed by atoms with Gasteiger partial charge in [0.25, 0.3) is 0 Å². The number of rotatable bonds is 0. The van der Waals surface area contributed by atoms with E-state index in [1.54, 1.807) is 12.1 Å². The van der Waals surface area contributed by atoms with Crippen molar-refractivity contribution in [1.82, 2.24) is 4.98 Å². The zero-order chi connectivity index (χ0) is 10.1. The van der Waals surface area contributed by atoms with Gasteiger partial charge in [0.15, 0.2) is 11.6 Å². The lowest BCUT2D eigenvalue weighted by Crippen LogP contribution is -2.37. The molecule has 0 saturated heterocycles. The summed E-state index contributed by atoms with van der Waals surface area (Å²) in [7, 11) is 0. The number of anilines is 1. The molecule has 14 heavy (non-hydrogen) atoms. The highest BCUT2D eigenvalue weighted by Gasteiger charge is 2.24. The van der Waals surface area contributed by atoms with Crippen molar-refractivity contribution < 1.29 is 14.6 Å². The smallest absolute Gasteiger partial charge is 0.413 e. The second-order valence-electron chi connectivity index (χ2n) is 3.06. The number of carboxylic acid groups (broad SMARTS) is 1. The maximum Gasteiger partial charge on any atom is 0.413 e. The zero-order valence-corrected chi connectivity index (χ0v) is 7.73. The number of nitrogens with zero attached hydrogens (tertiary/aromatic N) is 2. The third-order valence-electron chi connectivity index (χ3n) is 2.04. The number of pyridine rings is 1. The highest BCUT2D eigenvalue weighted by atomic mass is 16.5. The number of hydrogen-bond donors (Lipinski definition) is 1. The minimum Gasteiger partial charge on any atom is -0.488 e. The molecule has 0 bridgehead atoms. The molecule has 5 nitrogen and oxygen atoms in total. The lowest BCUT2D eigenvalue weighted by atomic mass is 10.3. The summed E-state index contributed by atoms with van der Waals surface area (Å²) in [6.07, 6.45) is -0.993. The molecule has 2 rings (SSSR count). The first-order valence-electron chi connectivity index (χ1n) is 4.29. The SMILES string of the molecule is Cc1ccc2c(n1)N(C(=O)O)CCO2. The first-order chi connectivity index (χ1) is 6.68. The average molecular weight is 194 g/mol. The Morgan fingerprint density at radius 2 is 2.43 bits per heavy atom. The number of aromatic nitrogens is 1. The van der Waals surface area contributed by atoms with Gasteiger partial charge in [-0.25, -0.2) is 9.78 Å². The lowest BCUT2D eigenvalue weighted by molar-refractivity contribution is 0.196. The first kappa shape index (κ1) is 8.80. The van der Waals surface area contributed by atoms with Crippen molar-refractivity contribution in [3.05, 3.63) is 17.8 Å². The van der Waals surface area contributed by atoms with Gasteiger partial charge < -0.3 is 9.84 Å². The van der Waals surface area contributed by atoms with Crippen molar-refractivity contribution >= 4 is 11.9 Å². The van der Waals surface area contributed by atoms with Gasteiger partial charge in [-0.05, 0) is 19.1 Å². The van der Waals surface area contributed by atoms with Crippen LogP contribution in [0.4, 0.5) is 10.6 Å². The maximum atomic E-state index is 10.9. The van der Waals surface area contributed by atoms with Gasteiger partial charge in [-0.2, -0.15) is 0 Å². The van der Waals surface area contributed by atoms with E-state index in [0.29, 0.717) is 24.7 Å². The Balaban J connectivity index is 2.46. The second-order valence-corrected chi connectivity index (χ2v) is 3.06. The van der Waals surface area contributed by atoms with Crippen LogP contribution >= 0.6 is 0 Å². The number of aryl methyl sites for hydroxylation is 1. The van der Waals surface area contributed by atoms with E-state index in [-0.39, 0.29) is 0 Å². The van der Waals surface area contributed by atoms with E-state index in [1.807, 2.05) is 6.92 Å². The van der Waals surface area contributed by atoms with Crippen molar-refractivity contribution in [1.29, 1.82) is 0 Å². The molecule has 5 heteroatoms. The van der Waals surface area contributed by atoms with E-state index in [9.17, 15) is 4.79 Å². The fourth-order valence-corrected chi connectivity index (χ4v) is 1.38. The molecular weight excluding hydrogens is 184 g/mol. The summed E-state index contributed by atoms with van der Waals surface area (Å²) in [5.41, 5.74) is 0.778. The van der Waals surface area contributed by atoms with Gasteiger partial charge in [0.2, 0.25) is 0 Å². The minimum absolute atomic E-state index is 0.332. The molecule has 0 saturated carbocycles. The second kappa shape index (κ2) is 3.17. The molecule has 1 aliphatic heterocycles. The Labute approximate surface area is 80.9 Å². The molecule has 1 amide bonds. The molecular formula is C9H10N2O3. The van der Waals surface area contributed by atoms with Crippen LogP contribution in [0.2, 0.25) is 0 Å². The van der Waals surface area contributed by atoms with Gasteiger partial charge in [0.1, 0.15) is 6.61 Å². The Morgan fingerprint density at radius 1 is 1.64 bits per heavy atom. The zero-order valence-electron chi connectivity index (χ0n) is 7.73. The normalized spacial score (nSPS) is 14.5. The number of amides is 1. The van der Waals surface area contributed by atoms with Gasteiger partial charge in [-0.3, -0.25) is 4.90 Å². The summed E-state index contributed by atoms with van der Waals surface area (Å²) >= 11 is 0. The Hall–Kier alpha value is -1.78. The van der Waals surface area contributed by atoms with Crippen LogP contribution in [-0.4, -0.2) is 29.3 Å². The predicted molar refractivity (Wildman–Crippen MR) is 49.8 cm³/mol. The summed E-state index contributed by atoms with van der Waals surface area (Å²) in [6, 6.07) is 3.54. The molecule has 1 aromatic rings. The lowest BCUT2D eigenvalue weighted by Gasteiger charge is -2.25. The molecule has 0 unspecified atom stereocenters.